The molecule has 0 aromatic heterocycles. The summed E-state index contributed by atoms with van der Waals surface area (Å²) in [7, 11) is 0. The fraction of sp³-hybridized carbons (Fsp3) is 0.812. The van der Waals surface area contributed by atoms with Gasteiger partial charge in [0.25, 0.3) is 0 Å². The molecule has 0 bridgehead atoms. The number of hydrogen-bond donors (Lipinski definition) is 0. The number of ether oxygens (including phenoxy) is 1. The summed E-state index contributed by atoms with van der Waals surface area (Å²) >= 11 is 0. The van der Waals surface area contributed by atoms with Crippen LogP contribution in [0.25, 0.3) is 0 Å². The molecule has 0 aliphatic carbocycles. The van der Waals surface area contributed by atoms with E-state index in [2.05, 4.69) is 19.1 Å². The molecule has 1 heterocycles. The summed E-state index contributed by atoms with van der Waals surface area (Å²) in [5.74, 6) is 0.316. The van der Waals surface area contributed by atoms with Crippen LogP contribution in [-0.2, 0) is 9.53 Å². The Hall–Kier alpha value is -0.830. The molecule has 0 spiro atoms. The summed E-state index contributed by atoms with van der Waals surface area (Å²) in [5, 5.41) is 0. The first-order chi connectivity index (χ1) is 9.34. The molecule has 0 aromatic carbocycles. The maximum absolute atomic E-state index is 11.9. The lowest BCUT2D eigenvalue weighted by Crippen LogP contribution is -2.40. The number of unbranched alkanes of at least 4 members (excludes halogenated alkanes) is 6. The third-order valence-electron chi connectivity index (χ3n) is 3.61. The van der Waals surface area contributed by atoms with Crippen molar-refractivity contribution < 1.29 is 9.53 Å². The van der Waals surface area contributed by atoms with Gasteiger partial charge >= 0.3 is 0 Å². The highest BCUT2D eigenvalue weighted by molar-refractivity contribution is 5.76. The molecule has 0 atom stereocenters. The molecule has 0 radical (unpaired) electrons. The van der Waals surface area contributed by atoms with Crippen LogP contribution in [0.15, 0.2) is 12.2 Å². The van der Waals surface area contributed by atoms with Gasteiger partial charge in [-0.2, -0.15) is 0 Å². The Labute approximate surface area is 118 Å². The van der Waals surface area contributed by atoms with Crippen molar-refractivity contribution in [3.8, 4) is 0 Å². The second-order valence-corrected chi connectivity index (χ2v) is 5.22. The Morgan fingerprint density at radius 3 is 2.37 bits per heavy atom. The smallest absolute Gasteiger partial charge is 0.222 e. The lowest BCUT2D eigenvalue weighted by Gasteiger charge is -2.26. The van der Waals surface area contributed by atoms with Crippen molar-refractivity contribution in [2.45, 2.75) is 58.3 Å². The van der Waals surface area contributed by atoms with E-state index in [1.54, 1.807) is 0 Å². The maximum atomic E-state index is 11.9. The summed E-state index contributed by atoms with van der Waals surface area (Å²) in [6.45, 7) is 5.05. The van der Waals surface area contributed by atoms with Gasteiger partial charge in [-0.1, -0.05) is 37.8 Å². The lowest BCUT2D eigenvalue weighted by atomic mass is 10.1. The minimum Gasteiger partial charge on any atom is -0.378 e. The van der Waals surface area contributed by atoms with Crippen molar-refractivity contribution in [3.05, 3.63) is 12.2 Å². The van der Waals surface area contributed by atoms with Crippen molar-refractivity contribution in [1.82, 2.24) is 4.90 Å². The Bertz CT molecular complexity index is 257. The van der Waals surface area contributed by atoms with E-state index >= 15 is 0 Å². The molecule has 3 heteroatoms. The monoisotopic (exact) mass is 267 g/mol. The van der Waals surface area contributed by atoms with Crippen LogP contribution in [0.4, 0.5) is 0 Å². The molecule has 19 heavy (non-hydrogen) atoms. The molecule has 0 saturated carbocycles. The van der Waals surface area contributed by atoms with E-state index in [-0.39, 0.29) is 0 Å². The van der Waals surface area contributed by atoms with Crippen LogP contribution in [0.1, 0.15) is 58.3 Å². The number of allylic oxidation sites excluding steroid dienone is 2. The fourth-order valence-electron chi connectivity index (χ4n) is 2.38. The predicted molar refractivity (Wildman–Crippen MR) is 79.1 cm³/mol. The van der Waals surface area contributed by atoms with Crippen LogP contribution < -0.4 is 0 Å². The van der Waals surface area contributed by atoms with Gasteiger partial charge in [0, 0.05) is 19.5 Å². The number of morpholine rings is 1. The second kappa shape index (κ2) is 11.0. The molecule has 0 aromatic rings. The molecule has 1 aliphatic heterocycles. The van der Waals surface area contributed by atoms with E-state index in [0.29, 0.717) is 19.1 Å². The molecule has 3 nitrogen and oxygen atoms in total. The number of hydrogen-bond acceptors (Lipinski definition) is 2. The summed E-state index contributed by atoms with van der Waals surface area (Å²) in [6, 6.07) is 0. The largest absolute Gasteiger partial charge is 0.378 e. The molecule has 1 amide bonds. The highest BCUT2D eigenvalue weighted by Gasteiger charge is 2.15. The third-order valence-corrected chi connectivity index (χ3v) is 3.61. The Morgan fingerprint density at radius 2 is 1.68 bits per heavy atom. The molecule has 0 unspecified atom stereocenters. The van der Waals surface area contributed by atoms with E-state index in [4.69, 9.17) is 4.74 Å². The minimum atomic E-state index is 0.316. The van der Waals surface area contributed by atoms with E-state index < -0.39 is 0 Å². The number of carbonyl (C=O) groups is 1. The van der Waals surface area contributed by atoms with Crippen LogP contribution in [0.5, 0.6) is 0 Å². The molecule has 1 rings (SSSR count). The van der Waals surface area contributed by atoms with Gasteiger partial charge in [-0.15, -0.1) is 0 Å². The summed E-state index contributed by atoms with van der Waals surface area (Å²) in [5.41, 5.74) is 0. The fourth-order valence-corrected chi connectivity index (χ4v) is 2.38. The van der Waals surface area contributed by atoms with E-state index in [1.807, 2.05) is 4.90 Å². The van der Waals surface area contributed by atoms with Crippen molar-refractivity contribution in [1.29, 1.82) is 0 Å². The minimum absolute atomic E-state index is 0.316. The van der Waals surface area contributed by atoms with Crippen molar-refractivity contribution in [2.24, 2.45) is 0 Å². The average Bonchev–Trinajstić information content (AvgIpc) is 2.46. The first kappa shape index (κ1) is 16.2. The van der Waals surface area contributed by atoms with Crippen molar-refractivity contribution in [3.63, 3.8) is 0 Å². The number of nitrogens with zero attached hydrogens (tertiary/aromatic N) is 1. The maximum Gasteiger partial charge on any atom is 0.222 e. The molecular weight excluding hydrogens is 238 g/mol. The molecular formula is C16H29NO2. The first-order valence-corrected chi connectivity index (χ1v) is 7.81. The zero-order valence-electron chi connectivity index (χ0n) is 12.4. The molecule has 0 N–H and O–H groups in total. The third kappa shape index (κ3) is 8.04. The average molecular weight is 267 g/mol. The summed E-state index contributed by atoms with van der Waals surface area (Å²) in [6.07, 6.45) is 13.7. The van der Waals surface area contributed by atoms with Crippen LogP contribution in [0.2, 0.25) is 0 Å². The number of rotatable bonds is 9. The second-order valence-electron chi connectivity index (χ2n) is 5.22. The van der Waals surface area contributed by atoms with Crippen LogP contribution >= 0.6 is 0 Å². The van der Waals surface area contributed by atoms with E-state index in [0.717, 1.165) is 25.9 Å². The number of carbonyl (C=O) groups excluding carboxylic acids is 1. The molecule has 1 fully saturated rings. The predicted octanol–water partition coefficient (Wildman–Crippen LogP) is 3.54. The van der Waals surface area contributed by atoms with Gasteiger partial charge in [0.15, 0.2) is 0 Å². The number of amides is 1. The first-order valence-electron chi connectivity index (χ1n) is 7.81. The molecule has 110 valence electrons. The Kier molecular flexibility index (Phi) is 9.42. The van der Waals surface area contributed by atoms with Gasteiger partial charge in [-0.25, -0.2) is 0 Å². The molecule has 1 aliphatic rings. The van der Waals surface area contributed by atoms with Gasteiger partial charge in [0.05, 0.1) is 13.2 Å². The summed E-state index contributed by atoms with van der Waals surface area (Å²) in [4.78, 5) is 13.8. The van der Waals surface area contributed by atoms with Crippen molar-refractivity contribution in [2.75, 3.05) is 26.3 Å². The van der Waals surface area contributed by atoms with Crippen molar-refractivity contribution >= 4 is 5.91 Å². The molecule has 1 saturated heterocycles. The quantitative estimate of drug-likeness (QED) is 0.472. The normalized spacial score (nSPS) is 16.2. The zero-order chi connectivity index (χ0) is 13.8. The van der Waals surface area contributed by atoms with Gasteiger partial charge in [-0.3, -0.25) is 4.79 Å². The standard InChI is InChI=1S/C16H29NO2/c1-2-3-4-5-6-7-8-9-10-11-16(18)17-12-14-19-15-13-17/h2-3H,4-15H2,1H3. The Morgan fingerprint density at radius 1 is 1.05 bits per heavy atom. The van der Waals surface area contributed by atoms with Crippen LogP contribution in [-0.4, -0.2) is 37.1 Å². The van der Waals surface area contributed by atoms with Crippen LogP contribution in [0.3, 0.4) is 0 Å². The van der Waals surface area contributed by atoms with Crippen LogP contribution in [0, 0.1) is 0 Å². The van der Waals surface area contributed by atoms with E-state index in [9.17, 15) is 4.79 Å². The highest BCUT2D eigenvalue weighted by atomic mass is 16.5. The topological polar surface area (TPSA) is 29.5 Å². The summed E-state index contributed by atoms with van der Waals surface area (Å²) < 4.78 is 5.25. The van der Waals surface area contributed by atoms with Gasteiger partial charge in [-0.05, 0) is 26.2 Å². The van der Waals surface area contributed by atoms with Gasteiger partial charge in [0.2, 0.25) is 5.91 Å². The Balaban J connectivity index is 1.88. The highest BCUT2D eigenvalue weighted by Crippen LogP contribution is 2.10. The SMILES string of the molecule is CC=CCCCCCCCCC(=O)N1CCOCC1. The van der Waals surface area contributed by atoms with Gasteiger partial charge < -0.3 is 9.64 Å². The van der Waals surface area contributed by atoms with E-state index in [1.165, 1.54) is 38.5 Å². The zero-order valence-corrected chi connectivity index (χ0v) is 12.4. The van der Waals surface area contributed by atoms with Gasteiger partial charge in [0.1, 0.15) is 0 Å². The lowest BCUT2D eigenvalue weighted by molar-refractivity contribution is -0.135.